The Morgan fingerprint density at radius 1 is 1.32 bits per heavy atom. The SMILES string of the molecule is CCOC(=O)C(Cl)(Cl)CC(Cl)CCc1ccccc1. The maximum atomic E-state index is 11.5. The third kappa shape index (κ3) is 6.03. The molecule has 1 aromatic rings. The minimum atomic E-state index is -1.57. The Morgan fingerprint density at radius 2 is 1.95 bits per heavy atom. The van der Waals surface area contributed by atoms with Crippen molar-refractivity contribution in [1.29, 1.82) is 0 Å². The molecule has 0 aliphatic rings. The summed E-state index contributed by atoms with van der Waals surface area (Å²) in [7, 11) is 0. The van der Waals surface area contributed by atoms with E-state index in [1.54, 1.807) is 6.92 Å². The number of ether oxygens (including phenoxy) is 1. The van der Waals surface area contributed by atoms with E-state index in [4.69, 9.17) is 39.5 Å². The molecule has 0 saturated heterocycles. The predicted molar refractivity (Wildman–Crippen MR) is 80.1 cm³/mol. The van der Waals surface area contributed by atoms with Crippen molar-refractivity contribution in [2.24, 2.45) is 0 Å². The van der Waals surface area contributed by atoms with E-state index in [0.717, 1.165) is 6.42 Å². The van der Waals surface area contributed by atoms with Crippen molar-refractivity contribution in [3.63, 3.8) is 0 Å². The third-order valence-electron chi connectivity index (χ3n) is 2.64. The van der Waals surface area contributed by atoms with E-state index in [1.807, 2.05) is 30.3 Å². The average Bonchev–Trinajstić information content (AvgIpc) is 2.37. The molecule has 0 aromatic heterocycles. The number of halogens is 3. The summed E-state index contributed by atoms with van der Waals surface area (Å²) in [5.41, 5.74) is 1.19. The zero-order valence-electron chi connectivity index (χ0n) is 10.7. The molecule has 106 valence electrons. The highest BCUT2D eigenvalue weighted by atomic mass is 35.5. The molecule has 0 N–H and O–H groups in total. The lowest BCUT2D eigenvalue weighted by atomic mass is 10.1. The number of carbonyl (C=O) groups excluding carboxylic acids is 1. The lowest BCUT2D eigenvalue weighted by Gasteiger charge is -2.20. The number of carbonyl (C=O) groups is 1. The number of rotatable bonds is 7. The van der Waals surface area contributed by atoms with Gasteiger partial charge in [0.15, 0.2) is 0 Å². The van der Waals surface area contributed by atoms with Gasteiger partial charge in [0.05, 0.1) is 6.61 Å². The molecule has 0 spiro atoms. The molecule has 1 rings (SSSR count). The number of hydrogen-bond donors (Lipinski definition) is 0. The zero-order chi connectivity index (χ0) is 14.3. The van der Waals surface area contributed by atoms with Gasteiger partial charge in [0, 0.05) is 11.8 Å². The summed E-state index contributed by atoms with van der Waals surface area (Å²) in [5, 5.41) is -0.278. The number of alkyl halides is 3. The van der Waals surface area contributed by atoms with Crippen LogP contribution in [0.5, 0.6) is 0 Å². The fourth-order valence-electron chi connectivity index (χ4n) is 1.67. The van der Waals surface area contributed by atoms with Gasteiger partial charge in [0.25, 0.3) is 0 Å². The van der Waals surface area contributed by atoms with Gasteiger partial charge >= 0.3 is 5.97 Å². The highest BCUT2D eigenvalue weighted by Crippen LogP contribution is 2.31. The number of benzene rings is 1. The van der Waals surface area contributed by atoms with Gasteiger partial charge in [-0.05, 0) is 25.3 Å². The first kappa shape index (κ1) is 16.6. The van der Waals surface area contributed by atoms with Gasteiger partial charge in [-0.15, -0.1) is 11.6 Å². The van der Waals surface area contributed by atoms with Crippen LogP contribution < -0.4 is 0 Å². The van der Waals surface area contributed by atoms with E-state index in [0.29, 0.717) is 6.42 Å². The van der Waals surface area contributed by atoms with Crippen molar-refractivity contribution >= 4 is 40.8 Å². The normalized spacial score (nSPS) is 13.1. The van der Waals surface area contributed by atoms with Gasteiger partial charge in [-0.2, -0.15) is 0 Å². The quantitative estimate of drug-likeness (QED) is 0.550. The fraction of sp³-hybridized carbons (Fsp3) is 0.500. The van der Waals surface area contributed by atoms with E-state index in [9.17, 15) is 4.79 Å². The van der Waals surface area contributed by atoms with Gasteiger partial charge in [0.1, 0.15) is 0 Å². The molecule has 2 nitrogen and oxygen atoms in total. The molecule has 0 radical (unpaired) electrons. The van der Waals surface area contributed by atoms with Crippen molar-refractivity contribution < 1.29 is 9.53 Å². The van der Waals surface area contributed by atoms with Crippen LogP contribution in [0.15, 0.2) is 30.3 Å². The van der Waals surface area contributed by atoms with Crippen molar-refractivity contribution in [2.45, 2.75) is 35.9 Å². The van der Waals surface area contributed by atoms with Crippen LogP contribution in [0.2, 0.25) is 0 Å². The molecule has 5 heteroatoms. The molecule has 0 amide bonds. The van der Waals surface area contributed by atoms with Gasteiger partial charge in [-0.3, -0.25) is 0 Å². The summed E-state index contributed by atoms with van der Waals surface area (Å²) in [5.74, 6) is -0.635. The number of hydrogen-bond acceptors (Lipinski definition) is 2. The maximum absolute atomic E-state index is 11.5. The Bertz CT molecular complexity index is 393. The summed E-state index contributed by atoms with van der Waals surface area (Å²) in [4.78, 5) is 11.5. The molecule has 0 fully saturated rings. The first-order chi connectivity index (χ1) is 8.95. The van der Waals surface area contributed by atoms with E-state index in [-0.39, 0.29) is 18.4 Å². The predicted octanol–water partition coefficient (Wildman–Crippen LogP) is 4.35. The number of aryl methyl sites for hydroxylation is 1. The zero-order valence-corrected chi connectivity index (χ0v) is 13.0. The maximum Gasteiger partial charge on any atom is 0.342 e. The summed E-state index contributed by atoms with van der Waals surface area (Å²) >= 11 is 18.1. The van der Waals surface area contributed by atoms with Crippen LogP contribution in [0.25, 0.3) is 0 Å². The fourth-order valence-corrected chi connectivity index (χ4v) is 2.65. The van der Waals surface area contributed by atoms with Crippen molar-refractivity contribution in [1.82, 2.24) is 0 Å². The first-order valence-electron chi connectivity index (χ1n) is 6.18. The summed E-state index contributed by atoms with van der Waals surface area (Å²) in [6.45, 7) is 1.95. The standard InChI is InChI=1S/C14H17Cl3O2/c1-2-19-13(18)14(16,17)10-12(15)9-8-11-6-4-3-5-7-11/h3-7,12H,2,8-10H2,1H3. The van der Waals surface area contributed by atoms with E-state index < -0.39 is 10.3 Å². The smallest absolute Gasteiger partial charge is 0.342 e. The van der Waals surface area contributed by atoms with E-state index in [2.05, 4.69) is 0 Å². The Hall–Kier alpha value is -0.440. The van der Waals surface area contributed by atoms with Gasteiger partial charge in [0.2, 0.25) is 4.33 Å². The average molecular weight is 324 g/mol. The second-order valence-corrected chi connectivity index (χ2v) is 6.35. The molecule has 1 aromatic carbocycles. The Labute approximate surface area is 129 Å². The highest BCUT2D eigenvalue weighted by molar-refractivity contribution is 6.57. The third-order valence-corrected chi connectivity index (χ3v) is 3.63. The Morgan fingerprint density at radius 3 is 2.53 bits per heavy atom. The van der Waals surface area contributed by atoms with Crippen LogP contribution in [-0.4, -0.2) is 22.3 Å². The second-order valence-electron chi connectivity index (χ2n) is 4.25. The summed E-state index contributed by atoms with van der Waals surface area (Å²) in [6.07, 6.45) is 1.69. The molecular weight excluding hydrogens is 307 g/mol. The molecule has 19 heavy (non-hydrogen) atoms. The lowest BCUT2D eigenvalue weighted by molar-refractivity contribution is -0.144. The van der Waals surface area contributed by atoms with Crippen LogP contribution in [-0.2, 0) is 16.0 Å². The van der Waals surface area contributed by atoms with Gasteiger partial charge in [-0.1, -0.05) is 53.5 Å². The molecular formula is C14H17Cl3O2. The minimum Gasteiger partial charge on any atom is -0.464 e. The second kappa shape index (κ2) is 7.98. The molecule has 0 bridgehead atoms. The van der Waals surface area contributed by atoms with Gasteiger partial charge in [-0.25, -0.2) is 4.79 Å². The highest BCUT2D eigenvalue weighted by Gasteiger charge is 2.37. The molecule has 0 aliphatic carbocycles. The van der Waals surface area contributed by atoms with Gasteiger partial charge < -0.3 is 4.74 Å². The minimum absolute atomic E-state index is 0.170. The largest absolute Gasteiger partial charge is 0.464 e. The van der Waals surface area contributed by atoms with Crippen molar-refractivity contribution in [3.8, 4) is 0 Å². The van der Waals surface area contributed by atoms with Crippen LogP contribution in [0.3, 0.4) is 0 Å². The topological polar surface area (TPSA) is 26.3 Å². The molecule has 0 heterocycles. The van der Waals surface area contributed by atoms with E-state index >= 15 is 0 Å². The van der Waals surface area contributed by atoms with Crippen LogP contribution in [0.4, 0.5) is 0 Å². The Balaban J connectivity index is 2.42. The molecule has 1 unspecified atom stereocenters. The molecule has 1 atom stereocenters. The summed E-state index contributed by atoms with van der Waals surface area (Å²) in [6, 6.07) is 9.98. The number of esters is 1. The first-order valence-corrected chi connectivity index (χ1v) is 7.38. The van der Waals surface area contributed by atoms with E-state index in [1.165, 1.54) is 5.56 Å². The Kier molecular flexibility index (Phi) is 6.98. The molecule has 0 aliphatic heterocycles. The van der Waals surface area contributed by atoms with Crippen LogP contribution >= 0.6 is 34.8 Å². The van der Waals surface area contributed by atoms with Crippen molar-refractivity contribution in [2.75, 3.05) is 6.61 Å². The van der Waals surface area contributed by atoms with Crippen LogP contribution in [0.1, 0.15) is 25.3 Å². The van der Waals surface area contributed by atoms with Crippen molar-refractivity contribution in [3.05, 3.63) is 35.9 Å². The molecule has 0 saturated carbocycles. The van der Waals surface area contributed by atoms with Crippen LogP contribution in [0, 0.1) is 0 Å². The lowest BCUT2D eigenvalue weighted by Crippen LogP contribution is -2.31. The monoisotopic (exact) mass is 322 g/mol. The summed E-state index contributed by atoms with van der Waals surface area (Å²) < 4.78 is 3.24.